The van der Waals surface area contributed by atoms with Gasteiger partial charge in [0.1, 0.15) is 23.0 Å². The van der Waals surface area contributed by atoms with Gasteiger partial charge >= 0.3 is 0 Å². The highest BCUT2D eigenvalue weighted by Crippen LogP contribution is 2.47. The van der Waals surface area contributed by atoms with Crippen molar-refractivity contribution in [1.29, 1.82) is 0 Å². The van der Waals surface area contributed by atoms with Crippen LogP contribution >= 0.6 is 0 Å². The summed E-state index contributed by atoms with van der Waals surface area (Å²) in [6.45, 7) is 26.9. The van der Waals surface area contributed by atoms with E-state index in [-0.39, 0.29) is 27.4 Å². The van der Waals surface area contributed by atoms with Gasteiger partial charge in [0.25, 0.3) is 0 Å². The van der Waals surface area contributed by atoms with Gasteiger partial charge in [0.2, 0.25) is 0 Å². The first-order valence-electron chi connectivity index (χ1n) is 25.6. The zero-order valence-corrected chi connectivity index (χ0v) is 44.6. The number of phenols is 1. The monoisotopic (exact) mass is 959 g/mol. The van der Waals surface area contributed by atoms with E-state index in [0.29, 0.717) is 11.4 Å². The predicted octanol–water partition coefficient (Wildman–Crippen LogP) is 17.0. The van der Waals surface area contributed by atoms with E-state index in [1.165, 1.54) is 11.1 Å². The number of hydrogen-bond acceptors (Lipinski definition) is 4. The molecule has 11 aromatic rings. The second-order valence-electron chi connectivity index (χ2n) is 24.2. The molecule has 1 N–H and O–H groups in total. The molecule has 0 spiro atoms. The largest absolute Gasteiger partial charge is 0.507 e. The molecule has 0 atom stereocenters. The predicted molar refractivity (Wildman–Crippen MR) is 306 cm³/mol. The Hall–Kier alpha value is -7.77. The number of pyridine rings is 1. The second kappa shape index (κ2) is 16.9. The number of benzene rings is 7. The van der Waals surface area contributed by atoms with Crippen molar-refractivity contribution in [2.24, 2.45) is 7.05 Å². The first-order valence-corrected chi connectivity index (χ1v) is 25.6. The highest BCUT2D eigenvalue weighted by molar-refractivity contribution is 6.12. The molecule has 0 unspecified atom stereocenters. The maximum atomic E-state index is 12.7. The van der Waals surface area contributed by atoms with Gasteiger partial charge in [-0.2, -0.15) is 0 Å². The molecule has 0 aliphatic rings. The van der Waals surface area contributed by atoms with Gasteiger partial charge in [-0.1, -0.05) is 174 Å². The molecule has 0 bridgehead atoms. The van der Waals surface area contributed by atoms with E-state index in [0.717, 1.165) is 100 Å². The van der Waals surface area contributed by atoms with Crippen LogP contribution in [0.5, 0.6) is 5.75 Å². The molecule has 0 fully saturated rings. The standard InChI is InChI=1S/C66H66N6O/c1-63(2,3)43-29-30-54(49(35-43)40-22-16-14-17-23-40)72-55-28-20-26-47(58(55)69-62(72)51-36-45(65(7,8)9)37-52(59(51)73)66(10,11)12)42-32-44(64(4,5)6)34-46(33-42)71-56-39-53-57(38-50(56)48-27-21-31-67-61(48)71)70(13)60(68-53)41-24-18-15-19-25-41/h14-39,73H,1-13H3. The van der Waals surface area contributed by atoms with Crippen LogP contribution in [0.2, 0.25) is 0 Å². The minimum Gasteiger partial charge on any atom is -0.507 e. The summed E-state index contributed by atoms with van der Waals surface area (Å²) in [5.74, 6) is 1.86. The number of para-hydroxylation sites is 1. The van der Waals surface area contributed by atoms with Crippen LogP contribution in [0.25, 0.3) is 100 Å². The number of fused-ring (bicyclic) bond motifs is 5. The van der Waals surface area contributed by atoms with Gasteiger partial charge in [-0.05, 0) is 110 Å². The van der Waals surface area contributed by atoms with Crippen LogP contribution in [0.4, 0.5) is 0 Å². The van der Waals surface area contributed by atoms with Crippen LogP contribution in [-0.2, 0) is 28.7 Å². The molecule has 0 amide bonds. The summed E-state index contributed by atoms with van der Waals surface area (Å²) in [7, 11) is 2.10. The molecule has 0 saturated heterocycles. The number of phenolic OH excluding ortho intramolecular Hbond substituents is 1. The van der Waals surface area contributed by atoms with Crippen molar-refractivity contribution in [3.8, 4) is 62.2 Å². The van der Waals surface area contributed by atoms with Crippen LogP contribution in [0.15, 0.2) is 158 Å². The fourth-order valence-electron chi connectivity index (χ4n) is 10.6. The number of aryl methyl sites for hydroxylation is 1. The molecule has 11 rings (SSSR count). The van der Waals surface area contributed by atoms with Gasteiger partial charge in [-0.15, -0.1) is 0 Å². The Bertz CT molecular complexity index is 3950. The van der Waals surface area contributed by atoms with Crippen LogP contribution in [0, 0.1) is 0 Å². The summed E-state index contributed by atoms with van der Waals surface area (Å²) in [6, 6.07) is 54.5. The van der Waals surface area contributed by atoms with E-state index >= 15 is 0 Å². The van der Waals surface area contributed by atoms with Gasteiger partial charge in [0, 0.05) is 52.0 Å². The molecule has 73 heavy (non-hydrogen) atoms. The van der Waals surface area contributed by atoms with Crippen molar-refractivity contribution in [3.05, 3.63) is 180 Å². The first-order chi connectivity index (χ1) is 34.6. The van der Waals surface area contributed by atoms with Crippen molar-refractivity contribution < 1.29 is 5.11 Å². The Morgan fingerprint density at radius 3 is 1.77 bits per heavy atom. The summed E-state index contributed by atoms with van der Waals surface area (Å²) < 4.78 is 6.81. The fraction of sp³-hybridized carbons (Fsp3) is 0.258. The van der Waals surface area contributed by atoms with E-state index in [1.807, 2.05) is 18.3 Å². The number of aromatic nitrogens is 6. The number of rotatable bonds is 6. The maximum absolute atomic E-state index is 12.7. The van der Waals surface area contributed by atoms with E-state index in [9.17, 15) is 5.11 Å². The molecule has 4 heterocycles. The molecule has 4 aromatic heterocycles. The van der Waals surface area contributed by atoms with Crippen LogP contribution < -0.4 is 0 Å². The highest BCUT2D eigenvalue weighted by atomic mass is 16.3. The normalized spacial score (nSPS) is 12.8. The van der Waals surface area contributed by atoms with Crippen molar-refractivity contribution in [3.63, 3.8) is 0 Å². The SMILES string of the molecule is Cn1c(-c2ccccc2)nc2cc3c(cc21)c1cccnc1n3-c1cc(-c2cccc3c2nc(-c2cc(C(C)(C)C)cc(C(C)(C)C)c2O)n3-c2ccc(C(C)(C)C)cc2-c2ccccc2)cc(C(C)(C)C)c1. The van der Waals surface area contributed by atoms with Crippen molar-refractivity contribution in [1.82, 2.24) is 28.7 Å². The molecular weight excluding hydrogens is 893 g/mol. The summed E-state index contributed by atoms with van der Waals surface area (Å²) in [6.07, 6.45) is 1.89. The quantitative estimate of drug-likeness (QED) is 0.180. The average Bonchev–Trinajstić information content (AvgIpc) is 4.01. The molecule has 7 aromatic carbocycles. The van der Waals surface area contributed by atoms with Gasteiger partial charge in [-0.3, -0.25) is 9.13 Å². The molecule has 0 aliphatic carbocycles. The van der Waals surface area contributed by atoms with Gasteiger partial charge < -0.3 is 9.67 Å². The number of hydrogen-bond donors (Lipinski definition) is 1. The Kier molecular flexibility index (Phi) is 11.0. The van der Waals surface area contributed by atoms with Crippen LogP contribution in [-0.4, -0.2) is 33.8 Å². The molecule has 7 heteroatoms. The van der Waals surface area contributed by atoms with E-state index in [1.54, 1.807) is 0 Å². The first kappa shape index (κ1) is 47.5. The minimum atomic E-state index is -0.344. The third-order valence-corrected chi connectivity index (χ3v) is 14.8. The van der Waals surface area contributed by atoms with Crippen molar-refractivity contribution >= 4 is 44.0 Å². The number of nitrogens with zero attached hydrogens (tertiary/aromatic N) is 6. The Balaban J connectivity index is 1.22. The molecule has 0 radical (unpaired) electrons. The van der Waals surface area contributed by atoms with Gasteiger partial charge in [-0.25, -0.2) is 15.0 Å². The third kappa shape index (κ3) is 8.19. The zero-order valence-electron chi connectivity index (χ0n) is 44.6. The lowest BCUT2D eigenvalue weighted by molar-refractivity contribution is 0.446. The molecular formula is C66H66N6O. The number of imidazole rings is 2. The minimum absolute atomic E-state index is 0.0909. The second-order valence-corrected chi connectivity index (χ2v) is 24.2. The van der Waals surface area contributed by atoms with E-state index < -0.39 is 0 Å². The van der Waals surface area contributed by atoms with Gasteiger partial charge in [0.05, 0.1) is 38.8 Å². The fourth-order valence-corrected chi connectivity index (χ4v) is 10.6. The van der Waals surface area contributed by atoms with Crippen LogP contribution in [0.1, 0.15) is 105 Å². The Morgan fingerprint density at radius 1 is 0.438 bits per heavy atom. The number of aromatic hydroxyl groups is 1. The summed E-state index contributed by atoms with van der Waals surface area (Å²) in [5.41, 5.74) is 17.3. The van der Waals surface area contributed by atoms with Gasteiger partial charge in [0.15, 0.2) is 0 Å². The highest BCUT2D eigenvalue weighted by Gasteiger charge is 2.30. The molecule has 7 nitrogen and oxygen atoms in total. The molecule has 0 saturated carbocycles. The summed E-state index contributed by atoms with van der Waals surface area (Å²) >= 11 is 0. The summed E-state index contributed by atoms with van der Waals surface area (Å²) in [4.78, 5) is 16.1. The van der Waals surface area contributed by atoms with Crippen molar-refractivity contribution in [2.75, 3.05) is 0 Å². The Morgan fingerprint density at radius 2 is 1.10 bits per heavy atom. The molecule has 366 valence electrons. The average molecular weight is 959 g/mol. The van der Waals surface area contributed by atoms with Crippen LogP contribution in [0.3, 0.4) is 0 Å². The lowest BCUT2D eigenvalue weighted by atomic mass is 9.79. The van der Waals surface area contributed by atoms with Crippen molar-refractivity contribution in [2.45, 2.75) is 105 Å². The summed E-state index contributed by atoms with van der Waals surface area (Å²) in [5, 5.41) is 14.9. The lowest BCUT2D eigenvalue weighted by Gasteiger charge is -2.28. The van der Waals surface area contributed by atoms with E-state index in [4.69, 9.17) is 15.0 Å². The third-order valence-electron chi connectivity index (χ3n) is 14.8. The smallest absolute Gasteiger partial charge is 0.149 e. The lowest BCUT2D eigenvalue weighted by Crippen LogP contribution is -2.17. The topological polar surface area (TPSA) is 73.7 Å². The Labute approximate surface area is 429 Å². The zero-order chi connectivity index (χ0) is 51.5. The maximum Gasteiger partial charge on any atom is 0.149 e. The van der Waals surface area contributed by atoms with E-state index in [2.05, 4.69) is 243 Å². The molecule has 0 aliphatic heterocycles.